The van der Waals surface area contributed by atoms with Crippen LogP contribution < -0.4 is 4.90 Å². The molecule has 222 valence electrons. The van der Waals surface area contributed by atoms with Gasteiger partial charge in [-0.25, -0.2) is 0 Å². The van der Waals surface area contributed by atoms with Crippen molar-refractivity contribution in [2.75, 3.05) is 17.3 Å². The van der Waals surface area contributed by atoms with Crippen molar-refractivity contribution in [1.82, 2.24) is 0 Å². The number of fused-ring (bicyclic) bond motifs is 1. The van der Waals surface area contributed by atoms with Crippen LogP contribution in [0.4, 0.5) is 5.69 Å². The fraction of sp³-hybridized carbons (Fsp3) is 0.300. The summed E-state index contributed by atoms with van der Waals surface area (Å²) >= 11 is 8.04. The molecule has 0 aromatic heterocycles. The summed E-state index contributed by atoms with van der Waals surface area (Å²) in [5.41, 5.74) is 10.3. The first-order valence-corrected chi connectivity index (χ1v) is 16.7. The van der Waals surface area contributed by atoms with Gasteiger partial charge in [0.05, 0.1) is 0 Å². The molecule has 3 heteroatoms. The van der Waals surface area contributed by atoms with E-state index in [-0.39, 0.29) is 10.8 Å². The van der Waals surface area contributed by atoms with E-state index in [4.69, 9.17) is 11.6 Å². The Kier molecular flexibility index (Phi) is 9.59. The van der Waals surface area contributed by atoms with Gasteiger partial charge in [-0.3, -0.25) is 0 Å². The third-order valence-electron chi connectivity index (χ3n) is 9.07. The Morgan fingerprint density at radius 2 is 1.65 bits per heavy atom. The number of para-hydroxylation sites is 1. The summed E-state index contributed by atoms with van der Waals surface area (Å²) in [6.07, 6.45) is 12.3. The van der Waals surface area contributed by atoms with Gasteiger partial charge in [-0.05, 0) is 83.9 Å². The second-order valence-corrected chi connectivity index (χ2v) is 14.1. The number of allylic oxidation sites excluding steroid dienone is 8. The predicted molar refractivity (Wildman–Crippen MR) is 189 cm³/mol. The summed E-state index contributed by atoms with van der Waals surface area (Å²) < 4.78 is 0. The van der Waals surface area contributed by atoms with Gasteiger partial charge in [-0.2, -0.15) is 0 Å². The summed E-state index contributed by atoms with van der Waals surface area (Å²) in [4.78, 5) is 5.11. The van der Waals surface area contributed by atoms with E-state index in [1.807, 2.05) is 11.8 Å². The average molecular weight is 606 g/mol. The minimum absolute atomic E-state index is 0.0728. The largest absolute Gasteiger partial charge is 0.344 e. The highest BCUT2D eigenvalue weighted by Gasteiger charge is 2.39. The standard InChI is InChI=1S/C40H44ClNS/c1-29-15-10-11-18-34(29)39(3,4)30(2)21-22-31-23-24-32(38(31)43-33-16-8-7-9-17-33)25-26-37-40(5,6)35-19-12-13-20-36(35)42(37)28-14-27-41/h7-13,15-22,25-26H,2,14,23-24,27-28H2,1,3-6H3/b22-21+,32-25+,37-26+. The molecule has 0 bridgehead atoms. The number of benzene rings is 3. The van der Waals surface area contributed by atoms with Crippen LogP contribution in [0.2, 0.25) is 0 Å². The molecule has 0 N–H and O–H groups in total. The summed E-state index contributed by atoms with van der Waals surface area (Å²) in [5, 5.41) is 0. The number of rotatable bonds is 10. The molecule has 3 aromatic rings. The molecular weight excluding hydrogens is 562 g/mol. The summed E-state index contributed by atoms with van der Waals surface area (Å²) in [5.74, 6) is 0.662. The fourth-order valence-electron chi connectivity index (χ4n) is 6.39. The molecule has 0 spiro atoms. The van der Waals surface area contributed by atoms with E-state index in [1.54, 1.807) is 0 Å². The van der Waals surface area contributed by atoms with E-state index in [0.717, 1.165) is 31.4 Å². The molecule has 2 aliphatic rings. The zero-order valence-electron chi connectivity index (χ0n) is 26.3. The molecule has 0 saturated carbocycles. The van der Waals surface area contributed by atoms with E-state index >= 15 is 0 Å². The Balaban J connectivity index is 1.51. The van der Waals surface area contributed by atoms with Crippen molar-refractivity contribution in [3.8, 4) is 0 Å². The van der Waals surface area contributed by atoms with Crippen molar-refractivity contribution >= 4 is 29.1 Å². The topological polar surface area (TPSA) is 3.24 Å². The maximum absolute atomic E-state index is 6.16. The predicted octanol–water partition coefficient (Wildman–Crippen LogP) is 11.5. The first kappa shape index (κ1) is 31.2. The van der Waals surface area contributed by atoms with E-state index in [9.17, 15) is 0 Å². The van der Waals surface area contributed by atoms with E-state index < -0.39 is 0 Å². The van der Waals surface area contributed by atoms with E-state index in [1.165, 1.54) is 49.0 Å². The van der Waals surface area contributed by atoms with Crippen LogP contribution in [-0.4, -0.2) is 12.4 Å². The third kappa shape index (κ3) is 6.52. The van der Waals surface area contributed by atoms with Crippen molar-refractivity contribution in [2.45, 2.75) is 69.6 Å². The Morgan fingerprint density at radius 1 is 0.953 bits per heavy atom. The van der Waals surface area contributed by atoms with Crippen molar-refractivity contribution in [2.24, 2.45) is 0 Å². The van der Waals surface area contributed by atoms with Crippen LogP contribution in [0, 0.1) is 6.92 Å². The second-order valence-electron chi connectivity index (χ2n) is 12.6. The molecule has 1 aliphatic carbocycles. The number of aryl methyl sites for hydroxylation is 1. The van der Waals surface area contributed by atoms with Crippen molar-refractivity contribution in [3.63, 3.8) is 0 Å². The Hall–Kier alpha value is -3.20. The number of anilines is 1. The third-order valence-corrected chi connectivity index (χ3v) is 10.6. The van der Waals surface area contributed by atoms with E-state index in [0.29, 0.717) is 5.88 Å². The Morgan fingerprint density at radius 3 is 2.40 bits per heavy atom. The quantitative estimate of drug-likeness (QED) is 0.167. The minimum atomic E-state index is -0.146. The van der Waals surface area contributed by atoms with Crippen LogP contribution in [0.3, 0.4) is 0 Å². The van der Waals surface area contributed by atoms with Gasteiger partial charge in [-0.15, -0.1) is 11.6 Å². The number of alkyl halides is 1. The zero-order chi connectivity index (χ0) is 30.6. The Bertz CT molecular complexity index is 1600. The average Bonchev–Trinajstić information content (AvgIpc) is 3.48. The number of nitrogens with zero attached hydrogens (tertiary/aromatic N) is 1. The molecule has 0 unspecified atom stereocenters. The number of hydrogen-bond donors (Lipinski definition) is 0. The molecule has 0 radical (unpaired) electrons. The van der Waals surface area contributed by atoms with Crippen LogP contribution in [0.15, 0.2) is 142 Å². The van der Waals surface area contributed by atoms with Crippen LogP contribution >= 0.6 is 23.4 Å². The highest BCUT2D eigenvalue weighted by atomic mass is 35.5. The molecule has 5 rings (SSSR count). The zero-order valence-corrected chi connectivity index (χ0v) is 27.9. The van der Waals surface area contributed by atoms with Gasteiger partial charge in [0.25, 0.3) is 0 Å². The van der Waals surface area contributed by atoms with Crippen LogP contribution in [0.5, 0.6) is 0 Å². The molecule has 0 atom stereocenters. The number of thioether (sulfide) groups is 1. The summed E-state index contributed by atoms with van der Waals surface area (Å²) in [6, 6.07) is 28.2. The van der Waals surface area contributed by atoms with Gasteiger partial charge in [-0.1, -0.05) is 125 Å². The highest BCUT2D eigenvalue weighted by molar-refractivity contribution is 8.03. The lowest BCUT2D eigenvalue weighted by atomic mass is 9.76. The first-order valence-electron chi connectivity index (χ1n) is 15.4. The van der Waals surface area contributed by atoms with Gasteiger partial charge in [0.15, 0.2) is 0 Å². The Labute approximate surface area is 268 Å². The SMILES string of the molecule is C=C(/C=C/C1=C(Sc2ccccc2)C(=C/C=C2/N(CCCCl)c3ccccc3C2(C)C)/CC1)C(C)(C)c1ccccc1C. The lowest BCUT2D eigenvalue weighted by molar-refractivity contribution is 0.629. The molecule has 1 heterocycles. The lowest BCUT2D eigenvalue weighted by Crippen LogP contribution is -2.27. The number of hydrogen-bond acceptors (Lipinski definition) is 2. The molecule has 1 aliphatic heterocycles. The fourth-order valence-corrected chi connectivity index (χ4v) is 7.64. The van der Waals surface area contributed by atoms with Crippen molar-refractivity contribution in [3.05, 3.63) is 154 Å². The maximum Gasteiger partial charge on any atom is 0.0450 e. The van der Waals surface area contributed by atoms with Gasteiger partial charge in [0, 0.05) is 44.4 Å². The van der Waals surface area contributed by atoms with Gasteiger partial charge in [0.2, 0.25) is 0 Å². The molecule has 1 nitrogen and oxygen atoms in total. The van der Waals surface area contributed by atoms with Gasteiger partial charge >= 0.3 is 0 Å². The minimum Gasteiger partial charge on any atom is -0.344 e. The van der Waals surface area contributed by atoms with Gasteiger partial charge < -0.3 is 4.90 Å². The molecule has 0 fully saturated rings. The first-order chi connectivity index (χ1) is 20.6. The molecular formula is C40H44ClNS. The molecule has 43 heavy (non-hydrogen) atoms. The molecule has 3 aromatic carbocycles. The highest BCUT2D eigenvalue weighted by Crippen LogP contribution is 2.49. The molecule has 0 amide bonds. The summed E-state index contributed by atoms with van der Waals surface area (Å²) in [7, 11) is 0. The van der Waals surface area contributed by atoms with Crippen molar-refractivity contribution in [1.29, 1.82) is 0 Å². The molecule has 0 saturated heterocycles. The lowest BCUT2D eigenvalue weighted by Gasteiger charge is -2.28. The van der Waals surface area contributed by atoms with Gasteiger partial charge in [0.1, 0.15) is 0 Å². The second kappa shape index (κ2) is 13.2. The monoisotopic (exact) mass is 605 g/mol. The summed E-state index contributed by atoms with van der Waals surface area (Å²) in [6.45, 7) is 16.9. The maximum atomic E-state index is 6.16. The van der Waals surface area contributed by atoms with Crippen LogP contribution in [-0.2, 0) is 10.8 Å². The van der Waals surface area contributed by atoms with Crippen molar-refractivity contribution < 1.29 is 0 Å². The normalized spacial score (nSPS) is 18.3. The van der Waals surface area contributed by atoms with Crippen LogP contribution in [0.1, 0.15) is 63.6 Å². The smallest absolute Gasteiger partial charge is 0.0450 e. The number of halogens is 1. The van der Waals surface area contributed by atoms with Crippen LogP contribution in [0.25, 0.3) is 0 Å². The van der Waals surface area contributed by atoms with E-state index in [2.05, 4.69) is 149 Å².